The van der Waals surface area contributed by atoms with Gasteiger partial charge in [0.15, 0.2) is 0 Å². The van der Waals surface area contributed by atoms with Crippen LogP contribution in [0.25, 0.3) is 21.8 Å². The van der Waals surface area contributed by atoms with Gasteiger partial charge in [-0.3, -0.25) is 4.90 Å². The fourth-order valence-corrected chi connectivity index (χ4v) is 7.95. The Hall–Kier alpha value is -3.39. The summed E-state index contributed by atoms with van der Waals surface area (Å²) in [5, 5.41) is 11.8. The van der Waals surface area contributed by atoms with Crippen molar-refractivity contribution in [2.75, 3.05) is 31.1 Å². The van der Waals surface area contributed by atoms with E-state index in [4.69, 9.17) is 5.73 Å². The number of likely N-dealkylation sites (tertiary alicyclic amines) is 1. The molecule has 3 aliphatic rings. The summed E-state index contributed by atoms with van der Waals surface area (Å²) in [5.74, 6) is 1.30. The van der Waals surface area contributed by atoms with Gasteiger partial charge in [-0.2, -0.15) is 18.4 Å². The van der Waals surface area contributed by atoms with E-state index in [2.05, 4.69) is 55.5 Å². The second-order valence-electron chi connectivity index (χ2n) is 13.8. The number of hydrogen-bond acceptors (Lipinski definition) is 6. The SMILES string of the molecule is Cc1c(CN2CCC3(CC2)CN(c2ncnc4ccc(CC(F)(F)F)cc24)C3)ccc2c1cc(C#N)n2CC1CCC(N)CC1.Cl. The Morgan fingerprint density at radius 2 is 1.74 bits per heavy atom. The Balaban J connectivity index is 0.00000372. The lowest BCUT2D eigenvalue weighted by molar-refractivity contribution is -0.127. The first-order valence-electron chi connectivity index (χ1n) is 16.1. The van der Waals surface area contributed by atoms with Gasteiger partial charge in [0, 0.05) is 53.9 Å². The summed E-state index contributed by atoms with van der Waals surface area (Å²) in [6, 6.07) is 14.0. The molecule has 2 saturated heterocycles. The lowest BCUT2D eigenvalue weighted by atomic mass is 9.72. The third kappa shape index (κ3) is 6.42. The zero-order chi connectivity index (χ0) is 31.3. The van der Waals surface area contributed by atoms with E-state index in [0.29, 0.717) is 22.9 Å². The van der Waals surface area contributed by atoms with Gasteiger partial charge in [-0.25, -0.2) is 9.97 Å². The molecule has 2 aliphatic heterocycles. The summed E-state index contributed by atoms with van der Waals surface area (Å²) in [4.78, 5) is 13.5. The van der Waals surface area contributed by atoms with E-state index in [1.165, 1.54) is 28.9 Å². The minimum Gasteiger partial charge on any atom is -0.355 e. The molecule has 0 unspecified atom stereocenters. The maximum atomic E-state index is 13.0. The first-order valence-corrected chi connectivity index (χ1v) is 16.1. The topological polar surface area (TPSA) is 87.0 Å². The summed E-state index contributed by atoms with van der Waals surface area (Å²) in [6.45, 7) is 7.66. The van der Waals surface area contributed by atoms with E-state index in [1.54, 1.807) is 12.1 Å². The number of benzene rings is 2. The largest absolute Gasteiger partial charge is 0.393 e. The van der Waals surface area contributed by atoms with E-state index in [0.717, 1.165) is 94.8 Å². The Labute approximate surface area is 274 Å². The number of hydrogen-bond donors (Lipinski definition) is 1. The maximum absolute atomic E-state index is 13.0. The molecule has 1 spiro atoms. The Morgan fingerprint density at radius 3 is 2.43 bits per heavy atom. The fraction of sp³-hybridized carbons (Fsp3) is 0.514. The minimum atomic E-state index is -4.25. The highest BCUT2D eigenvalue weighted by molar-refractivity contribution is 5.90. The normalized spacial score (nSPS) is 21.7. The molecule has 2 N–H and O–H groups in total. The van der Waals surface area contributed by atoms with Gasteiger partial charge in [-0.15, -0.1) is 12.4 Å². The molecule has 7 nitrogen and oxygen atoms in total. The molecule has 244 valence electrons. The molecule has 0 atom stereocenters. The molecule has 0 radical (unpaired) electrons. The second kappa shape index (κ2) is 12.7. The number of halogens is 4. The van der Waals surface area contributed by atoms with Crippen molar-refractivity contribution in [3.05, 3.63) is 65.1 Å². The zero-order valence-electron chi connectivity index (χ0n) is 26.2. The van der Waals surface area contributed by atoms with Gasteiger partial charge in [0.05, 0.1) is 11.9 Å². The molecule has 3 fully saturated rings. The highest BCUT2D eigenvalue weighted by Gasteiger charge is 2.45. The van der Waals surface area contributed by atoms with Gasteiger partial charge in [0.2, 0.25) is 0 Å². The van der Waals surface area contributed by atoms with E-state index >= 15 is 0 Å². The number of nitrogens with zero attached hydrogens (tertiary/aromatic N) is 6. The molecular formula is C35H41ClF3N7. The van der Waals surface area contributed by atoms with Crippen LogP contribution in [0.15, 0.2) is 42.7 Å². The Kier molecular flexibility index (Phi) is 8.96. The summed E-state index contributed by atoms with van der Waals surface area (Å²) < 4.78 is 41.3. The van der Waals surface area contributed by atoms with E-state index < -0.39 is 12.6 Å². The molecule has 46 heavy (non-hydrogen) atoms. The van der Waals surface area contributed by atoms with Crippen LogP contribution in [-0.2, 0) is 19.5 Å². The molecule has 2 aromatic heterocycles. The molecule has 7 rings (SSSR count). The van der Waals surface area contributed by atoms with Crippen molar-refractivity contribution in [1.29, 1.82) is 5.26 Å². The number of aromatic nitrogens is 3. The number of anilines is 1. The molecule has 0 bridgehead atoms. The molecule has 2 aromatic carbocycles. The van der Waals surface area contributed by atoms with Crippen molar-refractivity contribution in [3.63, 3.8) is 0 Å². The monoisotopic (exact) mass is 651 g/mol. The lowest BCUT2D eigenvalue weighted by Crippen LogP contribution is -2.60. The minimum absolute atomic E-state index is 0. The van der Waals surface area contributed by atoms with Crippen LogP contribution in [-0.4, -0.2) is 57.8 Å². The molecule has 0 amide bonds. The first kappa shape index (κ1) is 32.5. The molecular weight excluding hydrogens is 611 g/mol. The quantitative estimate of drug-likeness (QED) is 0.244. The number of nitriles is 1. The van der Waals surface area contributed by atoms with Crippen LogP contribution in [0.1, 0.15) is 60.9 Å². The molecule has 1 saturated carbocycles. The van der Waals surface area contributed by atoms with Crippen molar-refractivity contribution < 1.29 is 13.2 Å². The smallest absolute Gasteiger partial charge is 0.355 e. The van der Waals surface area contributed by atoms with Crippen LogP contribution >= 0.6 is 12.4 Å². The molecule has 11 heteroatoms. The zero-order valence-corrected chi connectivity index (χ0v) is 27.0. The maximum Gasteiger partial charge on any atom is 0.393 e. The van der Waals surface area contributed by atoms with Gasteiger partial charge >= 0.3 is 6.18 Å². The van der Waals surface area contributed by atoms with E-state index in [9.17, 15) is 18.4 Å². The van der Waals surface area contributed by atoms with Crippen molar-refractivity contribution in [3.8, 4) is 6.07 Å². The van der Waals surface area contributed by atoms with Crippen LogP contribution in [0.4, 0.5) is 19.0 Å². The third-order valence-electron chi connectivity index (χ3n) is 10.7. The molecule has 1 aliphatic carbocycles. The van der Waals surface area contributed by atoms with Crippen LogP contribution in [0.3, 0.4) is 0 Å². The average molecular weight is 652 g/mol. The van der Waals surface area contributed by atoms with E-state index in [1.807, 2.05) is 0 Å². The van der Waals surface area contributed by atoms with Crippen LogP contribution in [0.5, 0.6) is 0 Å². The Bertz CT molecular complexity index is 1750. The number of nitrogens with two attached hydrogens (primary N) is 1. The molecule has 4 heterocycles. The third-order valence-corrected chi connectivity index (χ3v) is 10.7. The number of piperidine rings is 1. The van der Waals surface area contributed by atoms with Gasteiger partial charge < -0.3 is 15.2 Å². The summed E-state index contributed by atoms with van der Waals surface area (Å²) >= 11 is 0. The van der Waals surface area contributed by atoms with E-state index in [-0.39, 0.29) is 23.4 Å². The Morgan fingerprint density at radius 1 is 1.00 bits per heavy atom. The first-order chi connectivity index (χ1) is 21.6. The highest BCUT2D eigenvalue weighted by atomic mass is 35.5. The average Bonchev–Trinajstić information content (AvgIpc) is 3.36. The second-order valence-corrected chi connectivity index (χ2v) is 13.8. The number of rotatable bonds is 6. The van der Waals surface area contributed by atoms with Gasteiger partial charge in [-0.05, 0) is 105 Å². The van der Waals surface area contributed by atoms with Crippen LogP contribution in [0.2, 0.25) is 0 Å². The van der Waals surface area contributed by atoms with Crippen molar-refractivity contribution in [1.82, 2.24) is 19.4 Å². The summed E-state index contributed by atoms with van der Waals surface area (Å²) in [5.41, 5.74) is 11.7. The number of alkyl halides is 3. The molecule has 4 aromatic rings. The fourth-order valence-electron chi connectivity index (χ4n) is 7.95. The van der Waals surface area contributed by atoms with Crippen molar-refractivity contribution >= 4 is 40.0 Å². The summed E-state index contributed by atoms with van der Waals surface area (Å²) in [6.07, 6.45) is 2.82. The van der Waals surface area contributed by atoms with Gasteiger partial charge in [0.25, 0.3) is 0 Å². The van der Waals surface area contributed by atoms with Crippen LogP contribution in [0, 0.1) is 29.6 Å². The van der Waals surface area contributed by atoms with Crippen molar-refractivity contribution in [2.45, 2.75) is 77.2 Å². The lowest BCUT2D eigenvalue weighted by Gasteiger charge is -2.54. The summed E-state index contributed by atoms with van der Waals surface area (Å²) in [7, 11) is 0. The predicted molar refractivity (Wildman–Crippen MR) is 177 cm³/mol. The highest BCUT2D eigenvalue weighted by Crippen LogP contribution is 2.44. The standard InChI is InChI=1S/C35H40F3N7.ClH/c1-23-26(5-9-32-29(23)15-28(17-39)45(32)18-24-2-6-27(40)7-3-24)19-43-12-10-34(11-13-43)20-44(21-34)33-30-14-25(16-35(36,37)38)4-8-31(30)41-22-42-33;/h4-5,8-9,14-15,22,24,27H,2-3,6-7,10-13,16,18-21,40H2,1H3;1H. The number of fused-ring (bicyclic) bond motifs is 2. The predicted octanol–water partition coefficient (Wildman–Crippen LogP) is 6.91. The van der Waals surface area contributed by atoms with Gasteiger partial charge in [0.1, 0.15) is 23.9 Å². The van der Waals surface area contributed by atoms with Crippen molar-refractivity contribution in [2.24, 2.45) is 17.1 Å². The van der Waals surface area contributed by atoms with Crippen LogP contribution < -0.4 is 10.6 Å². The van der Waals surface area contributed by atoms with Gasteiger partial charge in [-0.1, -0.05) is 12.1 Å². The number of aryl methyl sites for hydroxylation is 1.